The van der Waals surface area contributed by atoms with Gasteiger partial charge in [-0.3, -0.25) is 0 Å². The van der Waals surface area contributed by atoms with E-state index in [-0.39, 0.29) is 6.61 Å². The van der Waals surface area contributed by atoms with Crippen LogP contribution in [0.2, 0.25) is 0 Å². The molecule has 1 heterocycles. The third-order valence-corrected chi connectivity index (χ3v) is 2.56. The monoisotopic (exact) mass is 252 g/mol. The molecule has 0 amide bonds. The Morgan fingerprint density at radius 1 is 1.06 bits per heavy atom. The summed E-state index contributed by atoms with van der Waals surface area (Å²) in [5.74, 6) is 0. The molecule has 0 saturated carbocycles. The number of rotatable bonds is 6. The lowest BCUT2D eigenvalue weighted by molar-refractivity contribution is -0.302. The van der Waals surface area contributed by atoms with Crippen LogP contribution in [0.5, 0.6) is 0 Å². The van der Waals surface area contributed by atoms with Gasteiger partial charge in [-0.25, -0.2) is 0 Å². The lowest BCUT2D eigenvalue weighted by atomic mass is 9.99. The highest BCUT2D eigenvalue weighted by Gasteiger charge is 2.43. The van der Waals surface area contributed by atoms with Crippen LogP contribution in [0.25, 0.3) is 0 Å². The van der Waals surface area contributed by atoms with Crippen LogP contribution in [0.3, 0.4) is 0 Å². The zero-order valence-corrected chi connectivity index (χ0v) is 9.73. The maximum absolute atomic E-state index is 9.60. The van der Waals surface area contributed by atoms with Crippen molar-refractivity contribution in [2.75, 3.05) is 26.4 Å². The van der Waals surface area contributed by atoms with Gasteiger partial charge in [-0.15, -0.1) is 0 Å². The largest absolute Gasteiger partial charge is 0.394 e. The highest BCUT2D eigenvalue weighted by atomic mass is 16.7. The standard InChI is InChI=1S/C10H20O7/c1-2-15-3-4-16-10-9(14)8(13)7(12)6(5-11)17-10/h6-14H,2-5H2,1H3/t6?,7-,8+,9?,10+/m1/s1. The summed E-state index contributed by atoms with van der Waals surface area (Å²) in [6, 6.07) is 0. The fourth-order valence-electron chi connectivity index (χ4n) is 1.57. The topological polar surface area (TPSA) is 109 Å². The average molecular weight is 252 g/mol. The van der Waals surface area contributed by atoms with Crippen molar-refractivity contribution in [1.29, 1.82) is 0 Å². The van der Waals surface area contributed by atoms with Crippen LogP contribution in [0.4, 0.5) is 0 Å². The molecule has 0 spiro atoms. The minimum atomic E-state index is -1.40. The molecule has 7 nitrogen and oxygen atoms in total. The number of hydrogen-bond donors (Lipinski definition) is 4. The zero-order chi connectivity index (χ0) is 12.8. The van der Waals surface area contributed by atoms with Crippen molar-refractivity contribution in [3.8, 4) is 0 Å². The number of aliphatic hydroxyl groups is 4. The van der Waals surface area contributed by atoms with E-state index in [1.807, 2.05) is 6.92 Å². The van der Waals surface area contributed by atoms with Gasteiger partial charge in [0.25, 0.3) is 0 Å². The van der Waals surface area contributed by atoms with E-state index in [0.717, 1.165) is 0 Å². The summed E-state index contributed by atoms with van der Waals surface area (Å²) < 4.78 is 15.3. The Kier molecular flexibility index (Phi) is 6.28. The molecule has 17 heavy (non-hydrogen) atoms. The van der Waals surface area contributed by atoms with Crippen LogP contribution in [-0.2, 0) is 14.2 Å². The average Bonchev–Trinajstić information content (AvgIpc) is 2.34. The first-order chi connectivity index (χ1) is 8.11. The van der Waals surface area contributed by atoms with Crippen molar-refractivity contribution in [3.63, 3.8) is 0 Å². The van der Waals surface area contributed by atoms with Gasteiger partial charge >= 0.3 is 0 Å². The van der Waals surface area contributed by atoms with E-state index in [2.05, 4.69) is 0 Å². The third-order valence-electron chi connectivity index (χ3n) is 2.56. The first-order valence-corrected chi connectivity index (χ1v) is 5.61. The van der Waals surface area contributed by atoms with Gasteiger partial charge in [0.05, 0.1) is 19.8 Å². The molecule has 1 rings (SSSR count). The molecule has 7 heteroatoms. The summed E-state index contributed by atoms with van der Waals surface area (Å²) >= 11 is 0. The Morgan fingerprint density at radius 3 is 2.35 bits per heavy atom. The van der Waals surface area contributed by atoms with Crippen molar-refractivity contribution in [2.24, 2.45) is 0 Å². The lowest BCUT2D eigenvalue weighted by Crippen LogP contribution is -2.59. The normalized spacial score (nSPS) is 38.3. The minimum Gasteiger partial charge on any atom is -0.394 e. The predicted octanol–water partition coefficient (Wildman–Crippen LogP) is -2.16. The van der Waals surface area contributed by atoms with E-state index in [1.165, 1.54) is 0 Å². The van der Waals surface area contributed by atoms with Crippen LogP contribution < -0.4 is 0 Å². The molecule has 5 atom stereocenters. The van der Waals surface area contributed by atoms with E-state index in [4.69, 9.17) is 19.3 Å². The van der Waals surface area contributed by atoms with Crippen LogP contribution in [0.1, 0.15) is 6.92 Å². The van der Waals surface area contributed by atoms with Crippen LogP contribution in [-0.4, -0.2) is 77.6 Å². The fourth-order valence-corrected chi connectivity index (χ4v) is 1.57. The molecule has 0 radical (unpaired) electrons. The second-order valence-corrected chi connectivity index (χ2v) is 3.76. The van der Waals surface area contributed by atoms with Gasteiger partial charge in [-0.1, -0.05) is 0 Å². The molecule has 4 N–H and O–H groups in total. The molecule has 1 aliphatic rings. The Labute approximate surface area is 99.5 Å². The Hall–Kier alpha value is -0.280. The molecule has 0 aliphatic carbocycles. The van der Waals surface area contributed by atoms with E-state index >= 15 is 0 Å². The van der Waals surface area contributed by atoms with Crippen LogP contribution >= 0.6 is 0 Å². The van der Waals surface area contributed by atoms with Crippen molar-refractivity contribution in [2.45, 2.75) is 37.6 Å². The molecular formula is C10H20O7. The van der Waals surface area contributed by atoms with Gasteiger partial charge in [0.1, 0.15) is 24.4 Å². The lowest BCUT2D eigenvalue weighted by Gasteiger charge is -2.39. The summed E-state index contributed by atoms with van der Waals surface area (Å²) in [5, 5.41) is 37.5. The molecule has 1 aliphatic heterocycles. The minimum absolute atomic E-state index is 0.191. The first kappa shape index (κ1) is 14.8. The predicted molar refractivity (Wildman–Crippen MR) is 56.2 cm³/mol. The molecule has 2 unspecified atom stereocenters. The second-order valence-electron chi connectivity index (χ2n) is 3.76. The van der Waals surface area contributed by atoms with Crippen LogP contribution in [0.15, 0.2) is 0 Å². The molecule has 1 saturated heterocycles. The zero-order valence-electron chi connectivity index (χ0n) is 9.73. The quantitative estimate of drug-likeness (QED) is 0.399. The summed E-state index contributed by atoms with van der Waals surface area (Å²) in [6.45, 7) is 2.46. The maximum Gasteiger partial charge on any atom is 0.186 e. The molecule has 0 aromatic rings. The van der Waals surface area contributed by atoms with E-state index in [0.29, 0.717) is 13.2 Å². The summed E-state index contributed by atoms with van der Waals surface area (Å²) in [7, 11) is 0. The Bertz CT molecular complexity index is 211. The van der Waals surface area contributed by atoms with E-state index < -0.39 is 37.3 Å². The van der Waals surface area contributed by atoms with E-state index in [1.54, 1.807) is 0 Å². The SMILES string of the molecule is CCOCCO[C@H]1OC(CO)[C@@H](O)[C@H](O)C1O. The maximum atomic E-state index is 9.60. The highest BCUT2D eigenvalue weighted by molar-refractivity contribution is 4.88. The third kappa shape index (κ3) is 3.85. The Morgan fingerprint density at radius 2 is 1.76 bits per heavy atom. The van der Waals surface area contributed by atoms with Crippen molar-refractivity contribution < 1.29 is 34.6 Å². The van der Waals surface area contributed by atoms with Crippen molar-refractivity contribution >= 4 is 0 Å². The van der Waals surface area contributed by atoms with Gasteiger partial charge < -0.3 is 34.6 Å². The molecule has 0 aromatic carbocycles. The number of aliphatic hydroxyl groups excluding tert-OH is 4. The smallest absolute Gasteiger partial charge is 0.186 e. The summed E-state index contributed by atoms with van der Waals surface area (Å²) in [5.41, 5.74) is 0. The molecule has 1 fully saturated rings. The highest BCUT2D eigenvalue weighted by Crippen LogP contribution is 2.21. The molecular weight excluding hydrogens is 232 g/mol. The van der Waals surface area contributed by atoms with Gasteiger partial charge in [-0.2, -0.15) is 0 Å². The molecule has 0 aromatic heterocycles. The van der Waals surface area contributed by atoms with Crippen LogP contribution in [0, 0.1) is 0 Å². The summed E-state index contributed by atoms with van der Waals surface area (Å²) in [6.07, 6.45) is -6.13. The van der Waals surface area contributed by atoms with Gasteiger partial charge in [0.15, 0.2) is 6.29 Å². The van der Waals surface area contributed by atoms with Crippen molar-refractivity contribution in [1.82, 2.24) is 0 Å². The molecule has 102 valence electrons. The number of hydrogen-bond acceptors (Lipinski definition) is 7. The molecule has 0 bridgehead atoms. The second kappa shape index (κ2) is 7.22. The Balaban J connectivity index is 2.42. The van der Waals surface area contributed by atoms with Gasteiger partial charge in [0.2, 0.25) is 0 Å². The van der Waals surface area contributed by atoms with Crippen molar-refractivity contribution in [3.05, 3.63) is 0 Å². The van der Waals surface area contributed by atoms with Gasteiger partial charge in [0, 0.05) is 6.61 Å². The summed E-state index contributed by atoms with van der Waals surface area (Å²) in [4.78, 5) is 0. The first-order valence-electron chi connectivity index (χ1n) is 5.61. The van der Waals surface area contributed by atoms with E-state index in [9.17, 15) is 15.3 Å². The van der Waals surface area contributed by atoms with Gasteiger partial charge in [-0.05, 0) is 6.92 Å². The fraction of sp³-hybridized carbons (Fsp3) is 1.00. The number of ether oxygens (including phenoxy) is 3.